The minimum Gasteiger partial charge on any atom is -0.342 e. The summed E-state index contributed by atoms with van der Waals surface area (Å²) >= 11 is 3.36. The highest BCUT2D eigenvalue weighted by Crippen LogP contribution is 2.30. The second-order valence-corrected chi connectivity index (χ2v) is 10.4. The molecule has 0 amide bonds. The van der Waals surface area contributed by atoms with Gasteiger partial charge in [-0.1, -0.05) is 30.8 Å². The lowest BCUT2D eigenvalue weighted by Gasteiger charge is -2.32. The lowest BCUT2D eigenvalue weighted by molar-refractivity contribution is 0.438. The minimum absolute atomic E-state index is 0.383. The zero-order chi connectivity index (χ0) is 21.5. The van der Waals surface area contributed by atoms with E-state index < -0.39 is 5.69 Å². The van der Waals surface area contributed by atoms with Gasteiger partial charge in [0.1, 0.15) is 0 Å². The Morgan fingerprint density at radius 2 is 2.10 bits per heavy atom. The normalized spacial score (nSPS) is 17.1. The summed E-state index contributed by atoms with van der Waals surface area (Å²) in [6, 6.07) is 8.12. The lowest BCUT2D eigenvalue weighted by Crippen LogP contribution is -2.36. The average Bonchev–Trinajstić information content (AvgIpc) is 3.34. The van der Waals surface area contributed by atoms with E-state index in [-0.39, 0.29) is 5.56 Å². The van der Waals surface area contributed by atoms with Crippen molar-refractivity contribution >= 4 is 50.4 Å². The molecule has 4 heterocycles. The van der Waals surface area contributed by atoms with Crippen LogP contribution in [-0.4, -0.2) is 42.9 Å². The highest BCUT2D eigenvalue weighted by Gasteiger charge is 2.25. The molecule has 8 nitrogen and oxygen atoms in total. The van der Waals surface area contributed by atoms with E-state index in [4.69, 9.17) is 9.97 Å². The van der Waals surface area contributed by atoms with Crippen molar-refractivity contribution in [2.45, 2.75) is 30.6 Å². The van der Waals surface area contributed by atoms with Gasteiger partial charge in [-0.05, 0) is 30.9 Å². The number of nitrogens with zero attached hydrogens (tertiary/aromatic N) is 5. The van der Waals surface area contributed by atoms with Crippen LogP contribution in [0.15, 0.2) is 38.2 Å². The van der Waals surface area contributed by atoms with Gasteiger partial charge in [0.15, 0.2) is 15.5 Å². The summed E-state index contributed by atoms with van der Waals surface area (Å²) in [6.45, 7) is 4.66. The Morgan fingerprint density at radius 3 is 2.90 bits per heavy atom. The number of nitrogens with one attached hydrogen (secondary N) is 1. The first-order valence-corrected chi connectivity index (χ1v) is 12.2. The summed E-state index contributed by atoms with van der Waals surface area (Å²) in [4.78, 5) is 39.0. The maximum absolute atomic E-state index is 12.7. The maximum atomic E-state index is 12.7. The standard InChI is InChI=1S/C21H24N6O2S2/c1-13-6-5-9-26(12-13)19-23-17-16(18(28)24-20(29)25(17)2)27(19)10-11-30-21-22-14-7-3-4-8-15(14)31-21/h3-4,7-8,13H,5-6,9-12H2,1-2H3,(H,24,28,29). The van der Waals surface area contributed by atoms with Gasteiger partial charge in [0.25, 0.3) is 5.56 Å². The molecular weight excluding hydrogens is 432 g/mol. The molecule has 1 saturated heterocycles. The van der Waals surface area contributed by atoms with E-state index in [0.717, 1.165) is 41.1 Å². The summed E-state index contributed by atoms with van der Waals surface area (Å²) in [6.07, 6.45) is 2.30. The number of anilines is 1. The topological polar surface area (TPSA) is 88.8 Å². The Morgan fingerprint density at radius 1 is 1.26 bits per heavy atom. The van der Waals surface area contributed by atoms with Crippen molar-refractivity contribution in [1.29, 1.82) is 0 Å². The van der Waals surface area contributed by atoms with Gasteiger partial charge in [-0.25, -0.2) is 9.78 Å². The molecule has 31 heavy (non-hydrogen) atoms. The van der Waals surface area contributed by atoms with E-state index >= 15 is 0 Å². The zero-order valence-electron chi connectivity index (χ0n) is 17.5. The van der Waals surface area contributed by atoms with Crippen LogP contribution in [0.5, 0.6) is 0 Å². The van der Waals surface area contributed by atoms with E-state index in [2.05, 4.69) is 22.9 Å². The van der Waals surface area contributed by atoms with Crippen molar-refractivity contribution in [3.63, 3.8) is 0 Å². The van der Waals surface area contributed by atoms with Gasteiger partial charge in [0.2, 0.25) is 5.95 Å². The summed E-state index contributed by atoms with van der Waals surface area (Å²) in [5, 5.41) is 0. The Bertz CT molecular complexity index is 1330. The third-order valence-electron chi connectivity index (χ3n) is 5.74. The van der Waals surface area contributed by atoms with Crippen molar-refractivity contribution < 1.29 is 0 Å². The van der Waals surface area contributed by atoms with Crippen LogP contribution in [0.4, 0.5) is 5.95 Å². The summed E-state index contributed by atoms with van der Waals surface area (Å²) in [5.41, 5.74) is 1.08. The first-order chi connectivity index (χ1) is 15.0. The molecule has 0 saturated carbocycles. The Balaban J connectivity index is 1.49. The van der Waals surface area contributed by atoms with Gasteiger partial charge in [-0.15, -0.1) is 11.3 Å². The average molecular weight is 457 g/mol. The quantitative estimate of drug-likeness (QED) is 0.465. The van der Waals surface area contributed by atoms with Crippen LogP contribution in [0, 0.1) is 5.92 Å². The van der Waals surface area contributed by atoms with Gasteiger partial charge in [-0.3, -0.25) is 14.3 Å². The van der Waals surface area contributed by atoms with Gasteiger partial charge in [0.05, 0.1) is 10.2 Å². The van der Waals surface area contributed by atoms with E-state index in [9.17, 15) is 9.59 Å². The van der Waals surface area contributed by atoms with E-state index in [1.165, 1.54) is 15.7 Å². The largest absolute Gasteiger partial charge is 0.342 e. The summed E-state index contributed by atoms with van der Waals surface area (Å²) in [7, 11) is 1.65. The number of rotatable bonds is 5. The molecule has 162 valence electrons. The number of H-pyrrole nitrogens is 1. The predicted molar refractivity (Wildman–Crippen MR) is 127 cm³/mol. The number of hydrogen-bond acceptors (Lipinski definition) is 7. The molecule has 1 aliphatic heterocycles. The molecule has 1 aromatic carbocycles. The number of fused-ring (bicyclic) bond motifs is 2. The summed E-state index contributed by atoms with van der Waals surface area (Å²) < 4.78 is 5.59. The van der Waals surface area contributed by atoms with Crippen LogP contribution in [0.1, 0.15) is 19.8 Å². The molecule has 10 heteroatoms. The molecule has 0 radical (unpaired) electrons. The van der Waals surface area contributed by atoms with Gasteiger partial charge < -0.3 is 9.47 Å². The third-order valence-corrected chi connectivity index (χ3v) is 7.90. The number of para-hydroxylation sites is 1. The molecule has 0 bridgehead atoms. The van der Waals surface area contributed by atoms with Crippen LogP contribution in [-0.2, 0) is 13.6 Å². The second-order valence-electron chi connectivity index (χ2n) is 8.04. The van der Waals surface area contributed by atoms with Crippen molar-refractivity contribution in [2.24, 2.45) is 13.0 Å². The molecule has 1 atom stereocenters. The number of thioether (sulfide) groups is 1. The van der Waals surface area contributed by atoms with Crippen LogP contribution in [0.2, 0.25) is 0 Å². The smallest absolute Gasteiger partial charge is 0.329 e. The lowest BCUT2D eigenvalue weighted by atomic mass is 10.0. The summed E-state index contributed by atoms with van der Waals surface area (Å²) in [5.74, 6) is 2.10. The van der Waals surface area contributed by atoms with E-state index in [1.807, 2.05) is 22.8 Å². The first-order valence-electron chi connectivity index (χ1n) is 10.4. The van der Waals surface area contributed by atoms with Crippen molar-refractivity contribution in [1.82, 2.24) is 24.1 Å². The fraction of sp³-hybridized carbons (Fsp3) is 0.429. The number of benzene rings is 1. The molecule has 0 spiro atoms. The Labute approximate surface area is 186 Å². The molecule has 4 aromatic rings. The van der Waals surface area contributed by atoms with Crippen LogP contribution in [0.3, 0.4) is 0 Å². The second kappa shape index (κ2) is 8.16. The maximum Gasteiger partial charge on any atom is 0.329 e. The molecule has 0 aliphatic carbocycles. The highest BCUT2D eigenvalue weighted by atomic mass is 32.2. The van der Waals surface area contributed by atoms with E-state index in [0.29, 0.717) is 23.6 Å². The number of piperidine rings is 1. The van der Waals surface area contributed by atoms with Gasteiger partial charge in [0, 0.05) is 32.4 Å². The van der Waals surface area contributed by atoms with Crippen molar-refractivity contribution in [2.75, 3.05) is 23.7 Å². The Hall–Kier alpha value is -2.59. The van der Waals surface area contributed by atoms with E-state index in [1.54, 1.807) is 30.1 Å². The fourth-order valence-electron chi connectivity index (χ4n) is 4.18. The van der Waals surface area contributed by atoms with Crippen LogP contribution >= 0.6 is 23.1 Å². The number of thiazole rings is 1. The zero-order valence-corrected chi connectivity index (χ0v) is 19.1. The third kappa shape index (κ3) is 3.78. The monoisotopic (exact) mass is 456 g/mol. The molecule has 3 aromatic heterocycles. The van der Waals surface area contributed by atoms with Crippen LogP contribution < -0.4 is 16.1 Å². The Kier molecular flexibility index (Phi) is 5.35. The molecular formula is C21H24N6O2S2. The molecule has 1 unspecified atom stereocenters. The molecule has 1 fully saturated rings. The SMILES string of the molecule is CC1CCCN(c2nc3c(c(=O)[nH]c(=O)n3C)n2CCSc2nc3ccccc3s2)C1. The number of imidazole rings is 1. The minimum atomic E-state index is -0.440. The number of aromatic amines is 1. The number of aryl methyl sites for hydroxylation is 2. The number of hydrogen-bond donors (Lipinski definition) is 1. The molecule has 5 rings (SSSR count). The predicted octanol–water partition coefficient (Wildman–Crippen LogP) is 3.06. The van der Waals surface area contributed by atoms with Crippen molar-refractivity contribution in [3.8, 4) is 0 Å². The number of aromatic nitrogens is 5. The fourth-order valence-corrected chi connectivity index (χ4v) is 6.25. The van der Waals surface area contributed by atoms with Gasteiger partial charge in [-0.2, -0.15) is 4.98 Å². The van der Waals surface area contributed by atoms with Gasteiger partial charge >= 0.3 is 5.69 Å². The van der Waals surface area contributed by atoms with Crippen molar-refractivity contribution in [3.05, 3.63) is 45.1 Å². The first kappa shape index (κ1) is 20.3. The molecule has 1 N–H and O–H groups in total. The highest BCUT2D eigenvalue weighted by molar-refractivity contribution is 8.01. The molecule has 1 aliphatic rings. The van der Waals surface area contributed by atoms with Crippen LogP contribution in [0.25, 0.3) is 21.4 Å².